The van der Waals surface area contributed by atoms with E-state index in [2.05, 4.69) is 0 Å². The van der Waals surface area contributed by atoms with Crippen molar-refractivity contribution < 1.29 is 13.0 Å². The Labute approximate surface area is 92.4 Å². The lowest BCUT2D eigenvalue weighted by Gasteiger charge is -2.29. The van der Waals surface area contributed by atoms with Gasteiger partial charge >= 0.3 is 0 Å². The Morgan fingerprint density at radius 1 is 1.20 bits per heavy atom. The Hall–Kier alpha value is -1.22. The standard InChI is InChI=1S/C12H17NO2/c13-10-4-2-1-3-9(10)8-5-6-11(14)12(15)7-8/h5-7,9-10,14-15H,1-4,13H2/i9D,10D. The first-order chi connectivity index (χ1) is 7.87. The monoisotopic (exact) mass is 209 g/mol. The lowest BCUT2D eigenvalue weighted by atomic mass is 9.80. The third-order valence-electron chi connectivity index (χ3n) is 2.83. The van der Waals surface area contributed by atoms with Gasteiger partial charge in [-0.3, -0.25) is 0 Å². The van der Waals surface area contributed by atoms with E-state index in [-0.39, 0.29) is 11.5 Å². The molecule has 1 aliphatic rings. The molecule has 0 spiro atoms. The van der Waals surface area contributed by atoms with Crippen LogP contribution in [-0.4, -0.2) is 16.2 Å². The molecule has 3 nitrogen and oxygen atoms in total. The predicted octanol–water partition coefficient (Wildman–Crippen LogP) is 2.08. The van der Waals surface area contributed by atoms with E-state index in [0.717, 1.165) is 12.8 Å². The Morgan fingerprint density at radius 3 is 2.60 bits per heavy atom. The van der Waals surface area contributed by atoms with Gasteiger partial charge in [0, 0.05) is 8.76 Å². The van der Waals surface area contributed by atoms with Crippen LogP contribution in [0.25, 0.3) is 0 Å². The van der Waals surface area contributed by atoms with E-state index in [1.165, 1.54) is 12.1 Å². The molecule has 0 saturated heterocycles. The summed E-state index contributed by atoms with van der Waals surface area (Å²) in [7, 11) is 0. The van der Waals surface area contributed by atoms with Gasteiger partial charge in [0.25, 0.3) is 0 Å². The fraction of sp³-hybridized carbons (Fsp3) is 0.500. The minimum atomic E-state index is -1.35. The van der Waals surface area contributed by atoms with Crippen LogP contribution in [0, 0.1) is 0 Å². The van der Waals surface area contributed by atoms with Crippen molar-refractivity contribution >= 4 is 0 Å². The van der Waals surface area contributed by atoms with Crippen LogP contribution in [0.15, 0.2) is 18.2 Å². The quantitative estimate of drug-likeness (QED) is 0.620. The molecule has 2 rings (SSSR count). The highest BCUT2D eigenvalue weighted by molar-refractivity contribution is 5.42. The molecule has 0 radical (unpaired) electrons. The second-order valence-corrected chi connectivity index (χ2v) is 3.91. The number of phenols is 2. The smallest absolute Gasteiger partial charge is 0.157 e. The summed E-state index contributed by atoms with van der Waals surface area (Å²) in [6, 6.07) is 2.88. The van der Waals surface area contributed by atoms with E-state index in [4.69, 9.17) is 8.48 Å². The summed E-state index contributed by atoms with van der Waals surface area (Å²) in [4.78, 5) is 0. The predicted molar refractivity (Wildman–Crippen MR) is 59.0 cm³/mol. The molecule has 1 aliphatic carbocycles. The van der Waals surface area contributed by atoms with Gasteiger partial charge in [-0.25, -0.2) is 0 Å². The van der Waals surface area contributed by atoms with Gasteiger partial charge < -0.3 is 15.9 Å². The van der Waals surface area contributed by atoms with E-state index in [1.54, 1.807) is 6.07 Å². The van der Waals surface area contributed by atoms with Crippen LogP contribution in [0.1, 0.15) is 39.9 Å². The molecule has 82 valence electrons. The topological polar surface area (TPSA) is 66.5 Å². The molecule has 1 aromatic rings. The van der Waals surface area contributed by atoms with E-state index >= 15 is 0 Å². The van der Waals surface area contributed by atoms with Gasteiger partial charge in [0.05, 0.1) is 0 Å². The van der Waals surface area contributed by atoms with Gasteiger partial charge in [-0.1, -0.05) is 18.9 Å². The van der Waals surface area contributed by atoms with Crippen molar-refractivity contribution in [2.45, 2.75) is 37.6 Å². The third kappa shape index (κ3) is 2.07. The highest BCUT2D eigenvalue weighted by atomic mass is 16.3. The maximum Gasteiger partial charge on any atom is 0.157 e. The van der Waals surface area contributed by atoms with Gasteiger partial charge in [0.15, 0.2) is 11.5 Å². The number of hydrogen-bond donors (Lipinski definition) is 3. The fourth-order valence-electron chi connectivity index (χ4n) is 1.97. The van der Waals surface area contributed by atoms with Crippen molar-refractivity contribution in [1.29, 1.82) is 0 Å². The molecule has 15 heavy (non-hydrogen) atoms. The van der Waals surface area contributed by atoms with Gasteiger partial charge in [0.1, 0.15) is 0 Å². The molecular formula is C12H17NO2. The Kier molecular flexibility index (Phi) is 2.19. The second kappa shape index (κ2) is 4.11. The van der Waals surface area contributed by atoms with Gasteiger partial charge in [-0.05, 0) is 36.4 Å². The van der Waals surface area contributed by atoms with Gasteiger partial charge in [-0.2, -0.15) is 0 Å². The summed E-state index contributed by atoms with van der Waals surface area (Å²) in [5, 5.41) is 18.7. The number of benzene rings is 1. The lowest BCUT2D eigenvalue weighted by molar-refractivity contribution is 0.378. The van der Waals surface area contributed by atoms with Crippen molar-refractivity contribution in [2.75, 3.05) is 0 Å². The maximum atomic E-state index is 9.48. The van der Waals surface area contributed by atoms with Crippen molar-refractivity contribution in [3.8, 4) is 11.5 Å². The molecule has 2 atom stereocenters. The number of rotatable bonds is 1. The second-order valence-electron chi connectivity index (χ2n) is 3.91. The first-order valence-electron chi connectivity index (χ1n) is 6.18. The third-order valence-corrected chi connectivity index (χ3v) is 2.83. The van der Waals surface area contributed by atoms with Crippen molar-refractivity contribution in [2.24, 2.45) is 5.73 Å². The molecule has 0 aliphatic heterocycles. The van der Waals surface area contributed by atoms with E-state index < -0.39 is 11.9 Å². The van der Waals surface area contributed by atoms with Crippen LogP contribution >= 0.6 is 0 Å². The highest BCUT2D eigenvalue weighted by Gasteiger charge is 2.23. The zero-order chi connectivity index (χ0) is 12.7. The fourth-order valence-corrected chi connectivity index (χ4v) is 1.97. The molecule has 3 heteroatoms. The Morgan fingerprint density at radius 2 is 1.93 bits per heavy atom. The number of hydrogen-bond acceptors (Lipinski definition) is 3. The van der Waals surface area contributed by atoms with Crippen molar-refractivity contribution in [3.05, 3.63) is 23.8 Å². The molecule has 2 unspecified atom stereocenters. The Balaban J connectivity index is 2.45. The van der Waals surface area contributed by atoms with Crippen molar-refractivity contribution in [3.63, 3.8) is 0 Å². The summed E-state index contributed by atoms with van der Waals surface area (Å²) in [6.07, 6.45) is 2.67. The number of nitrogens with two attached hydrogens (primary N) is 1. The molecule has 1 saturated carbocycles. The molecule has 0 aromatic heterocycles. The van der Waals surface area contributed by atoms with Crippen molar-refractivity contribution in [1.82, 2.24) is 0 Å². The molecule has 1 fully saturated rings. The summed E-state index contributed by atoms with van der Waals surface area (Å²) in [6.45, 7) is 0. The number of aromatic hydroxyl groups is 2. The maximum absolute atomic E-state index is 9.48. The zero-order valence-corrected chi connectivity index (χ0v) is 8.53. The first-order valence-corrected chi connectivity index (χ1v) is 5.18. The van der Waals surface area contributed by atoms with Gasteiger partial charge in [0.2, 0.25) is 0 Å². The van der Waals surface area contributed by atoms with Gasteiger partial charge in [-0.15, -0.1) is 0 Å². The SMILES string of the molecule is [2H]C1(N)CCCCC1([2H])c1ccc(O)c(O)c1. The van der Waals surface area contributed by atoms with E-state index in [1.807, 2.05) is 0 Å². The van der Waals surface area contributed by atoms with Crippen LogP contribution in [0.3, 0.4) is 0 Å². The average Bonchev–Trinajstić information content (AvgIpc) is 2.26. The highest BCUT2D eigenvalue weighted by Crippen LogP contribution is 2.35. The lowest BCUT2D eigenvalue weighted by Crippen LogP contribution is -2.31. The van der Waals surface area contributed by atoms with Crippen LogP contribution in [0.2, 0.25) is 0 Å². The molecule has 4 N–H and O–H groups in total. The average molecular weight is 209 g/mol. The van der Waals surface area contributed by atoms with Crippen LogP contribution in [-0.2, 0) is 0 Å². The van der Waals surface area contributed by atoms with Crippen LogP contribution in [0.4, 0.5) is 0 Å². The largest absolute Gasteiger partial charge is 0.504 e. The van der Waals surface area contributed by atoms with Crippen LogP contribution < -0.4 is 5.73 Å². The molecule has 0 amide bonds. The van der Waals surface area contributed by atoms with E-state index in [9.17, 15) is 10.2 Å². The number of phenolic OH excluding ortho intramolecular Hbond substituents is 2. The molecular weight excluding hydrogens is 190 g/mol. The normalized spacial score (nSPS) is 38.2. The minimum Gasteiger partial charge on any atom is -0.504 e. The minimum absolute atomic E-state index is 0.222. The zero-order valence-electron chi connectivity index (χ0n) is 10.5. The Bertz CT molecular complexity index is 437. The summed E-state index contributed by atoms with van der Waals surface area (Å²) in [5.74, 6) is -1.72. The van der Waals surface area contributed by atoms with Crippen LogP contribution in [0.5, 0.6) is 11.5 Å². The van der Waals surface area contributed by atoms with E-state index in [0.29, 0.717) is 18.4 Å². The molecule has 0 heterocycles. The first kappa shape index (κ1) is 7.99. The summed E-state index contributed by atoms with van der Waals surface area (Å²) >= 11 is 0. The summed E-state index contributed by atoms with van der Waals surface area (Å²) < 4.78 is 16.5. The molecule has 1 aromatic carbocycles. The molecule has 0 bridgehead atoms. The summed E-state index contributed by atoms with van der Waals surface area (Å²) in [5.41, 5.74) is 6.40.